The topological polar surface area (TPSA) is 140 Å². The molecule has 2 aromatic carbocycles. The average molecular weight is 424 g/mol. The predicted molar refractivity (Wildman–Crippen MR) is 115 cm³/mol. The van der Waals surface area contributed by atoms with E-state index in [0.717, 1.165) is 38.0 Å². The Balaban J connectivity index is 1.60. The van der Waals surface area contributed by atoms with Crippen LogP contribution in [0, 0.1) is 0 Å². The summed E-state index contributed by atoms with van der Waals surface area (Å²) in [5.41, 5.74) is 2.78. The first kappa shape index (κ1) is 21.8. The van der Waals surface area contributed by atoms with E-state index in [2.05, 4.69) is 21.2 Å². The predicted octanol–water partition coefficient (Wildman–Crippen LogP) is 2.25. The number of anilines is 1. The van der Waals surface area contributed by atoms with Crippen LogP contribution in [0.3, 0.4) is 0 Å². The van der Waals surface area contributed by atoms with Crippen molar-refractivity contribution in [1.82, 2.24) is 10.7 Å². The number of carbonyl (C=O) groups excluding carboxylic acids is 3. The summed E-state index contributed by atoms with van der Waals surface area (Å²) in [5, 5.41) is 28.0. The van der Waals surface area contributed by atoms with Crippen LogP contribution >= 0.6 is 0 Å². The first-order valence-corrected chi connectivity index (χ1v) is 10.0. The van der Waals surface area contributed by atoms with Crippen molar-refractivity contribution < 1.29 is 24.6 Å². The lowest BCUT2D eigenvalue weighted by Gasteiger charge is -2.23. The molecule has 9 heteroatoms. The van der Waals surface area contributed by atoms with E-state index in [1.807, 2.05) is 0 Å². The lowest BCUT2D eigenvalue weighted by molar-refractivity contribution is -0.136. The molecular weight excluding hydrogens is 400 g/mol. The Bertz CT molecular complexity index is 999. The van der Waals surface area contributed by atoms with Crippen LogP contribution < -0.4 is 16.1 Å². The van der Waals surface area contributed by atoms with E-state index < -0.39 is 11.8 Å². The van der Waals surface area contributed by atoms with Crippen molar-refractivity contribution in [3.63, 3.8) is 0 Å². The fourth-order valence-corrected chi connectivity index (χ4v) is 3.33. The van der Waals surface area contributed by atoms with Gasteiger partial charge in [0.25, 0.3) is 5.91 Å². The molecule has 5 N–H and O–H groups in total. The van der Waals surface area contributed by atoms with Crippen molar-refractivity contribution in [3.8, 4) is 11.5 Å². The number of hydrazone groups is 1. The van der Waals surface area contributed by atoms with E-state index in [0.29, 0.717) is 0 Å². The number of rotatable bonds is 5. The number of nitrogens with one attached hydrogen (secondary N) is 3. The van der Waals surface area contributed by atoms with Crippen molar-refractivity contribution in [1.29, 1.82) is 0 Å². The lowest BCUT2D eigenvalue weighted by atomic mass is 9.95. The minimum absolute atomic E-state index is 0.110. The number of phenols is 2. The molecule has 1 fully saturated rings. The van der Waals surface area contributed by atoms with Crippen LogP contribution in [0.1, 0.15) is 48.0 Å². The van der Waals surface area contributed by atoms with Crippen molar-refractivity contribution in [2.75, 3.05) is 5.32 Å². The van der Waals surface area contributed by atoms with E-state index in [1.54, 1.807) is 24.3 Å². The molecule has 2 aromatic rings. The Morgan fingerprint density at radius 1 is 0.968 bits per heavy atom. The van der Waals surface area contributed by atoms with Gasteiger partial charge in [-0.3, -0.25) is 14.4 Å². The maximum Gasteiger partial charge on any atom is 0.329 e. The summed E-state index contributed by atoms with van der Waals surface area (Å²) >= 11 is 0. The molecule has 0 bridgehead atoms. The van der Waals surface area contributed by atoms with Crippen LogP contribution in [-0.2, 0) is 9.59 Å². The number of aromatic hydroxyl groups is 2. The SMILES string of the molecule is O=C(NN=Cc1ccc(O)cc1O)C(=O)Nc1ccccc1C(=O)NC1CCCCC1. The third-order valence-corrected chi connectivity index (χ3v) is 4.95. The molecular formula is C22H24N4O5. The molecule has 0 aliphatic heterocycles. The van der Waals surface area contributed by atoms with Gasteiger partial charge in [0, 0.05) is 17.7 Å². The van der Waals surface area contributed by atoms with E-state index in [9.17, 15) is 24.6 Å². The maximum absolute atomic E-state index is 12.6. The Hall–Kier alpha value is -3.88. The van der Waals surface area contributed by atoms with E-state index in [1.165, 1.54) is 18.6 Å². The molecule has 0 radical (unpaired) electrons. The Kier molecular flexibility index (Phi) is 7.21. The molecule has 1 saturated carbocycles. The minimum Gasteiger partial charge on any atom is -0.508 e. The second-order valence-corrected chi connectivity index (χ2v) is 7.25. The van der Waals surface area contributed by atoms with Gasteiger partial charge in [-0.25, -0.2) is 5.43 Å². The van der Waals surface area contributed by atoms with Crippen LogP contribution in [0.4, 0.5) is 5.69 Å². The molecule has 0 unspecified atom stereocenters. The fraction of sp³-hybridized carbons (Fsp3) is 0.273. The minimum atomic E-state index is -1.04. The van der Waals surface area contributed by atoms with Crippen LogP contribution in [0.5, 0.6) is 11.5 Å². The highest BCUT2D eigenvalue weighted by Crippen LogP contribution is 2.21. The van der Waals surface area contributed by atoms with E-state index >= 15 is 0 Å². The second kappa shape index (κ2) is 10.2. The van der Waals surface area contributed by atoms with Gasteiger partial charge in [-0.15, -0.1) is 0 Å². The molecule has 0 aromatic heterocycles. The van der Waals surface area contributed by atoms with Crippen LogP contribution in [-0.4, -0.2) is 40.2 Å². The maximum atomic E-state index is 12.6. The smallest absolute Gasteiger partial charge is 0.329 e. The monoisotopic (exact) mass is 424 g/mol. The molecule has 0 heterocycles. The number of nitrogens with zero attached hydrogens (tertiary/aromatic N) is 1. The molecule has 3 rings (SSSR count). The first-order chi connectivity index (χ1) is 14.9. The molecule has 9 nitrogen and oxygen atoms in total. The third kappa shape index (κ3) is 6.05. The van der Waals surface area contributed by atoms with Crippen LogP contribution in [0.2, 0.25) is 0 Å². The number of benzene rings is 2. The fourth-order valence-electron chi connectivity index (χ4n) is 3.33. The highest BCUT2D eigenvalue weighted by atomic mass is 16.3. The standard InChI is InChI=1S/C22H24N4O5/c27-16-11-10-14(19(28)12-16)13-23-26-22(31)21(30)25-18-9-5-4-8-17(18)20(29)24-15-6-2-1-3-7-15/h4-5,8-13,15,27-28H,1-3,6-7H2,(H,24,29)(H,25,30)(H,26,31). The molecule has 0 spiro atoms. The highest BCUT2D eigenvalue weighted by molar-refractivity contribution is 6.40. The Morgan fingerprint density at radius 2 is 1.71 bits per heavy atom. The highest BCUT2D eigenvalue weighted by Gasteiger charge is 2.20. The summed E-state index contributed by atoms with van der Waals surface area (Å²) < 4.78 is 0. The summed E-state index contributed by atoms with van der Waals surface area (Å²) in [6, 6.07) is 10.4. The molecule has 1 aliphatic carbocycles. The number of amides is 3. The van der Waals surface area contributed by atoms with Crippen molar-refractivity contribution in [2.45, 2.75) is 38.1 Å². The van der Waals surface area contributed by atoms with Gasteiger partial charge in [-0.05, 0) is 37.1 Å². The number of para-hydroxylation sites is 1. The zero-order valence-electron chi connectivity index (χ0n) is 16.8. The normalized spacial score (nSPS) is 14.2. The van der Waals surface area contributed by atoms with Gasteiger partial charge in [0.15, 0.2) is 0 Å². The summed E-state index contributed by atoms with van der Waals surface area (Å²) in [6.07, 6.45) is 6.31. The van der Waals surface area contributed by atoms with Gasteiger partial charge in [0.2, 0.25) is 0 Å². The number of phenolic OH excluding ortho intramolecular Hbond substituents is 2. The zero-order valence-corrected chi connectivity index (χ0v) is 16.8. The molecule has 1 aliphatic rings. The molecule has 0 atom stereocenters. The van der Waals surface area contributed by atoms with Gasteiger partial charge >= 0.3 is 11.8 Å². The number of hydrogen-bond acceptors (Lipinski definition) is 6. The molecule has 3 amide bonds. The van der Waals surface area contributed by atoms with Gasteiger partial charge in [0.05, 0.1) is 17.5 Å². The van der Waals surface area contributed by atoms with Crippen LogP contribution in [0.15, 0.2) is 47.6 Å². The Morgan fingerprint density at radius 3 is 2.45 bits per heavy atom. The van der Waals surface area contributed by atoms with Crippen LogP contribution in [0.25, 0.3) is 0 Å². The second-order valence-electron chi connectivity index (χ2n) is 7.25. The molecule has 0 saturated heterocycles. The lowest BCUT2D eigenvalue weighted by Crippen LogP contribution is -2.37. The Labute approximate surface area is 179 Å². The third-order valence-electron chi connectivity index (χ3n) is 4.95. The summed E-state index contributed by atoms with van der Waals surface area (Å²) in [5.74, 6) is -2.70. The summed E-state index contributed by atoms with van der Waals surface area (Å²) in [4.78, 5) is 36.9. The van der Waals surface area contributed by atoms with Crippen molar-refractivity contribution >= 4 is 29.6 Å². The zero-order chi connectivity index (χ0) is 22.2. The van der Waals surface area contributed by atoms with E-state index in [4.69, 9.17) is 0 Å². The van der Waals surface area contributed by atoms with Gasteiger partial charge in [0.1, 0.15) is 11.5 Å². The average Bonchev–Trinajstić information content (AvgIpc) is 2.76. The quantitative estimate of drug-likeness (QED) is 0.284. The molecule has 162 valence electrons. The van der Waals surface area contributed by atoms with E-state index in [-0.39, 0.29) is 40.3 Å². The summed E-state index contributed by atoms with van der Waals surface area (Å²) in [6.45, 7) is 0. The van der Waals surface area contributed by atoms with Gasteiger partial charge in [-0.1, -0.05) is 31.4 Å². The van der Waals surface area contributed by atoms with Gasteiger partial charge in [-0.2, -0.15) is 5.10 Å². The first-order valence-electron chi connectivity index (χ1n) is 10.0. The number of carbonyl (C=O) groups is 3. The number of hydrogen-bond donors (Lipinski definition) is 5. The van der Waals surface area contributed by atoms with Crippen molar-refractivity contribution in [3.05, 3.63) is 53.6 Å². The largest absolute Gasteiger partial charge is 0.508 e. The summed E-state index contributed by atoms with van der Waals surface area (Å²) in [7, 11) is 0. The van der Waals surface area contributed by atoms with Gasteiger partial charge < -0.3 is 20.8 Å². The molecule has 31 heavy (non-hydrogen) atoms. The van der Waals surface area contributed by atoms with Crippen molar-refractivity contribution in [2.24, 2.45) is 5.10 Å².